The highest BCUT2D eigenvalue weighted by atomic mass is 31.2. The largest absolute Gasteiger partial charge is 0.756 e. The third-order valence-electron chi connectivity index (χ3n) is 12.4. The molecule has 0 spiro atoms. The van der Waals surface area contributed by atoms with Gasteiger partial charge in [-0.05, 0) is 44.9 Å². The fourth-order valence-corrected chi connectivity index (χ4v) is 8.85. The number of carbonyl (C=O) groups is 1. The first-order valence-corrected chi connectivity index (χ1v) is 28.6. The first kappa shape index (κ1) is 62.0. The highest BCUT2D eigenvalue weighted by Gasteiger charge is 2.24. The number of rotatable bonds is 50. The molecule has 9 heteroatoms. The van der Waals surface area contributed by atoms with Crippen LogP contribution >= 0.6 is 7.82 Å². The van der Waals surface area contributed by atoms with E-state index in [-0.39, 0.29) is 19.1 Å². The molecular formula is C54H107N2O6P. The summed E-state index contributed by atoms with van der Waals surface area (Å²) in [6.45, 7) is 4.73. The van der Waals surface area contributed by atoms with Crippen molar-refractivity contribution in [2.45, 2.75) is 276 Å². The lowest BCUT2D eigenvalue weighted by Gasteiger charge is -2.30. The van der Waals surface area contributed by atoms with Gasteiger partial charge in [0.15, 0.2) is 0 Å². The quantitative estimate of drug-likeness (QED) is 0.0272. The summed E-state index contributed by atoms with van der Waals surface area (Å²) >= 11 is 0. The number of hydrogen-bond acceptors (Lipinski definition) is 6. The fraction of sp³-hybridized carbons (Fsp3) is 0.907. The Labute approximate surface area is 392 Å². The second-order valence-electron chi connectivity index (χ2n) is 19.9. The van der Waals surface area contributed by atoms with Crippen LogP contribution in [-0.2, 0) is 18.4 Å². The predicted octanol–water partition coefficient (Wildman–Crippen LogP) is 15.4. The van der Waals surface area contributed by atoms with Crippen molar-refractivity contribution in [1.82, 2.24) is 5.32 Å². The van der Waals surface area contributed by atoms with E-state index in [0.29, 0.717) is 23.9 Å². The zero-order chi connectivity index (χ0) is 46.4. The predicted molar refractivity (Wildman–Crippen MR) is 270 cm³/mol. The number of quaternary nitrogens is 1. The van der Waals surface area contributed by atoms with Crippen LogP contribution < -0.4 is 10.2 Å². The molecule has 0 aliphatic rings. The van der Waals surface area contributed by atoms with E-state index in [4.69, 9.17) is 9.05 Å². The number of nitrogens with zero attached hydrogens (tertiary/aromatic N) is 1. The number of likely N-dealkylation sites (N-methyl/N-ethyl adjacent to an activating group) is 1. The maximum absolute atomic E-state index is 12.9. The second-order valence-corrected chi connectivity index (χ2v) is 21.4. The zero-order valence-electron chi connectivity index (χ0n) is 42.5. The molecule has 3 atom stereocenters. The molecule has 8 nitrogen and oxygen atoms in total. The van der Waals surface area contributed by atoms with Gasteiger partial charge in [0.2, 0.25) is 5.91 Å². The molecule has 63 heavy (non-hydrogen) atoms. The van der Waals surface area contributed by atoms with E-state index in [1.54, 1.807) is 0 Å². The lowest BCUT2D eigenvalue weighted by atomic mass is 10.0. The number of carbonyl (C=O) groups excluding carboxylic acids is 1. The molecule has 0 saturated heterocycles. The molecule has 0 fully saturated rings. The van der Waals surface area contributed by atoms with Crippen LogP contribution in [0.5, 0.6) is 0 Å². The van der Waals surface area contributed by atoms with Crippen molar-refractivity contribution in [3.63, 3.8) is 0 Å². The number of phosphoric ester groups is 1. The first-order chi connectivity index (χ1) is 30.5. The van der Waals surface area contributed by atoms with Crippen LogP contribution in [0.3, 0.4) is 0 Å². The summed E-state index contributed by atoms with van der Waals surface area (Å²) in [5, 5.41) is 13.9. The maximum Gasteiger partial charge on any atom is 0.268 e. The summed E-state index contributed by atoms with van der Waals surface area (Å²) in [4.78, 5) is 25.4. The molecular weight excluding hydrogens is 804 g/mol. The zero-order valence-corrected chi connectivity index (χ0v) is 43.4. The molecule has 3 unspecified atom stereocenters. The van der Waals surface area contributed by atoms with Crippen LogP contribution in [0, 0.1) is 0 Å². The lowest BCUT2D eigenvalue weighted by molar-refractivity contribution is -0.870. The summed E-state index contributed by atoms with van der Waals surface area (Å²) < 4.78 is 23.3. The third-order valence-corrected chi connectivity index (χ3v) is 13.4. The summed E-state index contributed by atoms with van der Waals surface area (Å²) in [6.07, 6.45) is 56.4. The van der Waals surface area contributed by atoms with Crippen molar-refractivity contribution < 1.29 is 32.9 Å². The van der Waals surface area contributed by atoms with Crippen molar-refractivity contribution in [2.24, 2.45) is 0 Å². The summed E-state index contributed by atoms with van der Waals surface area (Å²) in [5.41, 5.74) is 0. The average Bonchev–Trinajstić information content (AvgIpc) is 3.24. The van der Waals surface area contributed by atoms with Crippen LogP contribution in [0.25, 0.3) is 0 Å². The third kappa shape index (κ3) is 48.7. The van der Waals surface area contributed by atoms with E-state index in [2.05, 4.69) is 43.5 Å². The number of nitrogens with one attached hydrogen (secondary N) is 1. The first-order valence-electron chi connectivity index (χ1n) is 27.2. The fourth-order valence-electron chi connectivity index (χ4n) is 8.13. The van der Waals surface area contributed by atoms with E-state index < -0.39 is 20.0 Å². The van der Waals surface area contributed by atoms with Crippen molar-refractivity contribution >= 4 is 13.7 Å². The molecule has 0 saturated carbocycles. The van der Waals surface area contributed by atoms with Crippen molar-refractivity contribution in [3.05, 3.63) is 24.3 Å². The lowest BCUT2D eigenvalue weighted by Crippen LogP contribution is -2.46. The molecule has 0 bridgehead atoms. The van der Waals surface area contributed by atoms with E-state index in [9.17, 15) is 19.4 Å². The smallest absolute Gasteiger partial charge is 0.268 e. The number of allylic oxidation sites excluding steroid dienone is 4. The number of unbranched alkanes of at least 4 members (excludes halogenated alkanes) is 33. The Balaban J connectivity index is 4.06. The summed E-state index contributed by atoms with van der Waals surface area (Å²) in [6, 6.07) is -0.798. The van der Waals surface area contributed by atoms with Crippen molar-refractivity contribution in [3.8, 4) is 0 Å². The summed E-state index contributed by atoms with van der Waals surface area (Å²) in [5.74, 6) is -0.164. The average molecular weight is 911 g/mol. The van der Waals surface area contributed by atoms with E-state index in [1.807, 2.05) is 21.1 Å². The Bertz CT molecular complexity index is 1080. The minimum absolute atomic E-state index is 0.0133. The maximum atomic E-state index is 12.9. The van der Waals surface area contributed by atoms with Crippen LogP contribution in [0.2, 0.25) is 0 Å². The van der Waals surface area contributed by atoms with Gasteiger partial charge in [-0.3, -0.25) is 9.36 Å². The van der Waals surface area contributed by atoms with Crippen LogP contribution in [-0.4, -0.2) is 68.5 Å². The number of amides is 1. The Morgan fingerprint density at radius 1 is 0.556 bits per heavy atom. The second kappa shape index (κ2) is 46.1. The van der Waals surface area contributed by atoms with Crippen molar-refractivity contribution in [1.29, 1.82) is 0 Å². The van der Waals surface area contributed by atoms with Crippen LogP contribution in [0.4, 0.5) is 0 Å². The van der Waals surface area contributed by atoms with Crippen LogP contribution in [0.15, 0.2) is 24.3 Å². The Kier molecular flexibility index (Phi) is 45.4. The minimum Gasteiger partial charge on any atom is -0.756 e. The van der Waals surface area contributed by atoms with Gasteiger partial charge in [-0.2, -0.15) is 0 Å². The number of phosphoric acid groups is 1. The molecule has 2 N–H and O–H groups in total. The molecule has 0 rings (SSSR count). The monoisotopic (exact) mass is 911 g/mol. The van der Waals surface area contributed by atoms with Gasteiger partial charge in [0.25, 0.3) is 7.82 Å². The van der Waals surface area contributed by atoms with Gasteiger partial charge < -0.3 is 28.8 Å². The van der Waals surface area contributed by atoms with E-state index in [0.717, 1.165) is 44.9 Å². The number of aliphatic hydroxyl groups excluding tert-OH is 1. The molecule has 0 radical (unpaired) electrons. The Hall–Kier alpha value is -1.02. The molecule has 0 aliphatic heterocycles. The van der Waals surface area contributed by atoms with Gasteiger partial charge >= 0.3 is 0 Å². The van der Waals surface area contributed by atoms with Gasteiger partial charge in [-0.1, -0.05) is 237 Å². The number of hydrogen-bond donors (Lipinski definition) is 2. The highest BCUT2D eigenvalue weighted by Crippen LogP contribution is 2.38. The molecule has 0 aromatic rings. The molecule has 0 aromatic carbocycles. The SMILES string of the molecule is CCCCCCCCCCC/C=C\C/C=C\CCCCCCCCCCCCCCCC(=O)NC(COP(=O)([O-])OCC[N+](C)(C)C)C(O)CCCCCCCCCCCCCC. The standard InChI is InChI=1S/C54H107N2O6P/c1-6-8-10-12-14-16-18-20-21-22-23-24-25-26-27-28-29-30-31-32-33-34-35-36-38-40-42-44-46-48-54(58)55-52(51-62-63(59,60)61-50-49-56(3,4)5)53(57)47-45-43-41-39-37-19-17-15-13-11-9-7-2/h23-24,26-27,52-53,57H,6-22,25,28-51H2,1-5H3,(H-,55,58,59,60)/b24-23-,27-26-. The highest BCUT2D eigenvalue weighted by molar-refractivity contribution is 7.45. The number of aliphatic hydroxyl groups is 1. The van der Waals surface area contributed by atoms with Gasteiger partial charge in [0.05, 0.1) is 39.9 Å². The Morgan fingerprint density at radius 2 is 0.921 bits per heavy atom. The Morgan fingerprint density at radius 3 is 1.32 bits per heavy atom. The van der Waals surface area contributed by atoms with Gasteiger partial charge in [-0.25, -0.2) is 0 Å². The van der Waals surface area contributed by atoms with Crippen LogP contribution in [0.1, 0.15) is 264 Å². The normalized spacial score (nSPS) is 14.2. The molecule has 0 aromatic heterocycles. The van der Waals surface area contributed by atoms with Crippen molar-refractivity contribution in [2.75, 3.05) is 40.9 Å². The van der Waals surface area contributed by atoms with E-state index in [1.165, 1.54) is 193 Å². The molecule has 1 amide bonds. The summed E-state index contributed by atoms with van der Waals surface area (Å²) in [7, 11) is 1.31. The van der Waals surface area contributed by atoms with Gasteiger partial charge in [-0.15, -0.1) is 0 Å². The molecule has 0 heterocycles. The van der Waals surface area contributed by atoms with Gasteiger partial charge in [0.1, 0.15) is 13.2 Å². The molecule has 374 valence electrons. The minimum atomic E-state index is -4.56. The van der Waals surface area contributed by atoms with Gasteiger partial charge in [0, 0.05) is 6.42 Å². The molecule has 0 aliphatic carbocycles. The van der Waals surface area contributed by atoms with E-state index >= 15 is 0 Å². The topological polar surface area (TPSA) is 108 Å².